The van der Waals surface area contributed by atoms with E-state index < -0.39 is 18.0 Å². The molecule has 4 rings (SSSR count). The Kier molecular flexibility index (Phi) is 8.53. The van der Waals surface area contributed by atoms with Gasteiger partial charge in [-0.2, -0.15) is 13.2 Å². The van der Waals surface area contributed by atoms with Crippen LogP contribution in [-0.4, -0.2) is 22.0 Å². The Morgan fingerprint density at radius 3 is 2.56 bits per heavy atom. The summed E-state index contributed by atoms with van der Waals surface area (Å²) in [6.45, 7) is 5.77. The number of aromatic nitrogens is 2. The zero-order valence-corrected chi connectivity index (χ0v) is 22.3. The van der Waals surface area contributed by atoms with Crippen molar-refractivity contribution in [3.8, 4) is 12.3 Å². The van der Waals surface area contributed by atoms with Gasteiger partial charge >= 0.3 is 6.18 Å². The van der Waals surface area contributed by atoms with E-state index in [2.05, 4.69) is 30.8 Å². The third-order valence-electron chi connectivity index (χ3n) is 7.67. The third-order valence-corrected chi connectivity index (χ3v) is 7.67. The molecule has 0 spiro atoms. The fraction of sp³-hybridized carbons (Fsp3) is 0.333. The molecule has 0 bridgehead atoms. The van der Waals surface area contributed by atoms with Gasteiger partial charge in [0.05, 0.1) is 5.35 Å². The zero-order valence-electron chi connectivity index (χ0n) is 22.3. The summed E-state index contributed by atoms with van der Waals surface area (Å²) in [5, 5.41) is 11.8. The molecule has 3 aromatic rings. The molecule has 0 aliphatic heterocycles. The van der Waals surface area contributed by atoms with Crippen LogP contribution in [0.25, 0.3) is 22.6 Å². The number of terminal acetylenes is 1. The molecule has 0 saturated carbocycles. The second-order valence-corrected chi connectivity index (χ2v) is 10.3. The predicted octanol–water partition coefficient (Wildman–Crippen LogP) is 6.56. The van der Waals surface area contributed by atoms with Crippen molar-refractivity contribution < 1.29 is 13.2 Å². The molecule has 4 atom stereocenters. The van der Waals surface area contributed by atoms with E-state index in [1.54, 1.807) is 12.4 Å². The first-order chi connectivity index (χ1) is 18.6. The molecule has 4 unspecified atom stereocenters. The quantitative estimate of drug-likeness (QED) is 0.215. The van der Waals surface area contributed by atoms with Crippen molar-refractivity contribution in [2.75, 3.05) is 0 Å². The van der Waals surface area contributed by atoms with E-state index in [1.165, 1.54) is 6.92 Å². The van der Waals surface area contributed by atoms with Gasteiger partial charge in [-0.3, -0.25) is 15.8 Å². The topological polar surface area (TPSA) is 48.1 Å². The van der Waals surface area contributed by atoms with Crippen molar-refractivity contribution in [2.45, 2.75) is 58.0 Å². The highest BCUT2D eigenvalue weighted by molar-refractivity contribution is 6.12. The Morgan fingerprint density at radius 1 is 1.15 bits per heavy atom. The number of nitrogens with zero attached hydrogens (tertiary/aromatic N) is 3. The van der Waals surface area contributed by atoms with Gasteiger partial charge in [-0.1, -0.05) is 61.7 Å². The number of hydrogen-bond donors (Lipinski definition) is 0. The lowest BCUT2D eigenvalue weighted by molar-refractivity contribution is -0.170. The minimum atomic E-state index is -4.40. The number of fused-ring (bicyclic) bond motifs is 1. The molecular formula is C33H31F3N3-. The molecule has 0 fully saturated rings. The highest BCUT2D eigenvalue weighted by Gasteiger charge is 2.41. The van der Waals surface area contributed by atoms with Crippen molar-refractivity contribution in [1.82, 2.24) is 9.97 Å². The standard InChI is InChI=1S/C33H31F3N3/c1-5-30(33(34,35)36)22(3)9-8-10-24-13-15-32(39-20-24)28-18-27(31-11-6-7-16-38-31)23(4)26-17-21(2)12-14-25(26)29(28)19-37/h1,6-7,10-17,20,22-23,27,30H,8-9,18H2,2-4H3/q-1. The highest BCUT2D eigenvalue weighted by atomic mass is 19.4. The molecule has 0 amide bonds. The molecule has 0 saturated heterocycles. The zero-order chi connectivity index (χ0) is 28.2. The maximum atomic E-state index is 13.1. The number of pyridine rings is 2. The Balaban J connectivity index is 1.72. The van der Waals surface area contributed by atoms with E-state index in [1.807, 2.05) is 54.5 Å². The second kappa shape index (κ2) is 11.8. The molecule has 1 aromatic carbocycles. The lowest BCUT2D eigenvalue weighted by atomic mass is 9.82. The third kappa shape index (κ3) is 6.21. The van der Waals surface area contributed by atoms with Gasteiger partial charge in [-0.15, -0.1) is 6.42 Å². The second-order valence-electron chi connectivity index (χ2n) is 10.3. The van der Waals surface area contributed by atoms with Crippen molar-refractivity contribution >= 4 is 23.1 Å². The van der Waals surface area contributed by atoms with E-state index in [9.17, 15) is 18.6 Å². The van der Waals surface area contributed by atoms with Gasteiger partial charge in [-0.25, -0.2) is 0 Å². The van der Waals surface area contributed by atoms with Crippen molar-refractivity contribution in [3.63, 3.8) is 0 Å². The number of rotatable bonds is 5. The average molecular weight is 527 g/mol. The van der Waals surface area contributed by atoms with E-state index in [-0.39, 0.29) is 11.8 Å². The summed E-state index contributed by atoms with van der Waals surface area (Å²) in [4.78, 5) is 9.35. The number of halogens is 3. The van der Waals surface area contributed by atoms with E-state index in [0.29, 0.717) is 30.2 Å². The maximum Gasteiger partial charge on any atom is 0.402 e. The van der Waals surface area contributed by atoms with Crippen LogP contribution in [0.2, 0.25) is 0 Å². The Labute approximate surface area is 227 Å². The predicted molar refractivity (Wildman–Crippen MR) is 151 cm³/mol. The van der Waals surface area contributed by atoms with Crippen LogP contribution in [0.15, 0.2) is 60.9 Å². The Hall–Kier alpha value is -3.94. The minimum absolute atomic E-state index is 0.0554. The van der Waals surface area contributed by atoms with Crippen LogP contribution in [-0.2, 0) is 0 Å². The first kappa shape index (κ1) is 28.1. The molecule has 200 valence electrons. The molecule has 2 heterocycles. The van der Waals surface area contributed by atoms with Crippen molar-refractivity contribution in [2.24, 2.45) is 11.8 Å². The van der Waals surface area contributed by atoms with Gasteiger partial charge in [0.15, 0.2) is 0 Å². The highest BCUT2D eigenvalue weighted by Crippen LogP contribution is 2.46. The minimum Gasteiger partial charge on any atom is -0.763 e. The van der Waals surface area contributed by atoms with Crippen LogP contribution in [0, 0.1) is 31.1 Å². The summed E-state index contributed by atoms with van der Waals surface area (Å²) >= 11 is 0. The summed E-state index contributed by atoms with van der Waals surface area (Å²) < 4.78 is 39.3. The van der Waals surface area contributed by atoms with Gasteiger partial charge in [0.2, 0.25) is 0 Å². The SMILES string of the molecule is C#CC(C(C)CCC=c1ccc(=C2CC(c3ccccn3)C(C)c3cc(C)ccc3C2=C=[N-])nc1)C(F)(F)F. The van der Waals surface area contributed by atoms with Crippen LogP contribution >= 0.6 is 0 Å². The lowest BCUT2D eigenvalue weighted by Gasteiger charge is -2.23. The molecule has 3 nitrogen and oxygen atoms in total. The van der Waals surface area contributed by atoms with Crippen LogP contribution in [0.5, 0.6) is 0 Å². The normalized spacial score (nSPS) is 20.8. The first-order valence-corrected chi connectivity index (χ1v) is 13.1. The first-order valence-electron chi connectivity index (χ1n) is 13.1. The van der Waals surface area contributed by atoms with E-state index >= 15 is 0 Å². The fourth-order valence-electron chi connectivity index (χ4n) is 5.45. The molecule has 2 aromatic heterocycles. The molecule has 1 aliphatic carbocycles. The van der Waals surface area contributed by atoms with Gasteiger partial charge in [-0.05, 0) is 78.1 Å². The smallest absolute Gasteiger partial charge is 0.402 e. The summed E-state index contributed by atoms with van der Waals surface area (Å²) in [7, 11) is 0. The fourth-order valence-corrected chi connectivity index (χ4v) is 5.45. The lowest BCUT2D eigenvalue weighted by Crippen LogP contribution is -2.27. The Bertz CT molecular complexity index is 1520. The van der Waals surface area contributed by atoms with Crippen molar-refractivity contribution in [1.29, 1.82) is 0 Å². The van der Waals surface area contributed by atoms with Crippen molar-refractivity contribution in [3.05, 3.63) is 99.3 Å². The molecule has 39 heavy (non-hydrogen) atoms. The van der Waals surface area contributed by atoms with Crippen LogP contribution in [0.4, 0.5) is 13.2 Å². The van der Waals surface area contributed by atoms with Gasteiger partial charge in [0.25, 0.3) is 0 Å². The molecule has 0 N–H and O–H groups in total. The molecular weight excluding hydrogens is 495 g/mol. The van der Waals surface area contributed by atoms with Gasteiger partial charge in [0, 0.05) is 29.6 Å². The monoisotopic (exact) mass is 526 g/mol. The molecule has 0 radical (unpaired) electrons. The number of allylic oxidation sites excluding steroid dienone is 1. The molecule has 6 heteroatoms. The summed E-state index contributed by atoms with van der Waals surface area (Å²) in [6.07, 6.45) is 7.50. The largest absolute Gasteiger partial charge is 0.763 e. The molecule has 1 aliphatic rings. The van der Waals surface area contributed by atoms with Crippen LogP contribution in [0.1, 0.15) is 67.3 Å². The summed E-state index contributed by atoms with van der Waals surface area (Å²) in [6, 6.07) is 15.9. The number of benzene rings is 1. The summed E-state index contributed by atoms with van der Waals surface area (Å²) in [5.74, 6) is 2.10. The van der Waals surface area contributed by atoms with E-state index in [4.69, 9.17) is 11.4 Å². The Morgan fingerprint density at radius 2 is 1.95 bits per heavy atom. The van der Waals surface area contributed by atoms with Crippen LogP contribution < -0.4 is 10.6 Å². The average Bonchev–Trinajstić information content (AvgIpc) is 3.03. The van der Waals surface area contributed by atoms with Gasteiger partial charge in [0.1, 0.15) is 5.92 Å². The van der Waals surface area contributed by atoms with Crippen LogP contribution in [0.3, 0.4) is 0 Å². The number of hydrogen-bond acceptors (Lipinski definition) is 2. The number of aryl methyl sites for hydroxylation is 1. The van der Waals surface area contributed by atoms with Gasteiger partial charge < -0.3 is 5.41 Å². The number of alkyl halides is 3. The van der Waals surface area contributed by atoms with E-state index in [0.717, 1.165) is 33.2 Å². The summed E-state index contributed by atoms with van der Waals surface area (Å²) in [5.41, 5.74) is 5.63. The maximum absolute atomic E-state index is 13.1.